The summed E-state index contributed by atoms with van der Waals surface area (Å²) in [6, 6.07) is 9.62. The number of hydrogen-bond acceptors (Lipinski definition) is 3. The summed E-state index contributed by atoms with van der Waals surface area (Å²) in [6.07, 6.45) is -0.330. The molecule has 0 aliphatic carbocycles. The first-order valence-electron chi connectivity index (χ1n) is 7.73. The lowest BCUT2D eigenvalue weighted by Gasteiger charge is -2.26. The number of amides is 1. The van der Waals surface area contributed by atoms with E-state index in [2.05, 4.69) is 10.3 Å². The molecule has 6 nitrogen and oxygen atoms in total. The number of guanidine groups is 1. The van der Waals surface area contributed by atoms with E-state index in [-0.39, 0.29) is 12.0 Å². The van der Waals surface area contributed by atoms with Crippen LogP contribution in [0.3, 0.4) is 0 Å². The van der Waals surface area contributed by atoms with Crippen molar-refractivity contribution in [3.63, 3.8) is 0 Å². The van der Waals surface area contributed by atoms with Crippen LogP contribution in [0.15, 0.2) is 35.3 Å². The van der Waals surface area contributed by atoms with Gasteiger partial charge in [0.25, 0.3) is 0 Å². The standard InChI is InChI=1S/C17H28N4O2/c1-13(12-21(5)16(22)23-17(2,3)4)11-19-15(18)20-14-9-7-6-8-10-14/h6-10,13H,11-12H2,1-5H3,(H3,18,19,20). The van der Waals surface area contributed by atoms with Crippen molar-refractivity contribution in [2.45, 2.75) is 33.3 Å². The van der Waals surface area contributed by atoms with E-state index in [0.717, 1.165) is 5.69 Å². The Bertz CT molecular complexity index is 523. The topological polar surface area (TPSA) is 80.0 Å². The van der Waals surface area contributed by atoms with Crippen LogP contribution in [0.1, 0.15) is 27.7 Å². The normalized spacial score (nSPS) is 13.3. The Balaban J connectivity index is 2.42. The molecule has 23 heavy (non-hydrogen) atoms. The lowest BCUT2D eigenvalue weighted by atomic mass is 10.2. The Hall–Kier alpha value is -2.24. The van der Waals surface area contributed by atoms with E-state index in [4.69, 9.17) is 10.5 Å². The smallest absolute Gasteiger partial charge is 0.410 e. The highest BCUT2D eigenvalue weighted by molar-refractivity contribution is 5.92. The van der Waals surface area contributed by atoms with Gasteiger partial charge in [-0.3, -0.25) is 4.99 Å². The summed E-state index contributed by atoms with van der Waals surface area (Å²) in [5, 5.41) is 3.03. The third-order valence-corrected chi connectivity index (χ3v) is 2.91. The fourth-order valence-electron chi connectivity index (χ4n) is 1.90. The van der Waals surface area contributed by atoms with Gasteiger partial charge >= 0.3 is 6.09 Å². The number of ether oxygens (including phenoxy) is 1. The van der Waals surface area contributed by atoms with Crippen molar-refractivity contribution in [2.75, 3.05) is 25.5 Å². The fraction of sp³-hybridized carbons (Fsp3) is 0.529. The number of anilines is 1. The molecule has 0 aromatic heterocycles. The van der Waals surface area contributed by atoms with Gasteiger partial charge in [0.2, 0.25) is 0 Å². The highest BCUT2D eigenvalue weighted by Crippen LogP contribution is 2.10. The molecule has 1 aromatic rings. The average molecular weight is 320 g/mol. The molecule has 6 heteroatoms. The minimum Gasteiger partial charge on any atom is -0.444 e. The summed E-state index contributed by atoms with van der Waals surface area (Å²) in [5.74, 6) is 0.534. The predicted molar refractivity (Wildman–Crippen MR) is 94.6 cm³/mol. The lowest BCUT2D eigenvalue weighted by Crippen LogP contribution is -2.37. The van der Waals surface area contributed by atoms with Crippen molar-refractivity contribution in [2.24, 2.45) is 16.6 Å². The number of rotatable bonds is 5. The Morgan fingerprint density at radius 2 is 1.96 bits per heavy atom. The predicted octanol–water partition coefficient (Wildman–Crippen LogP) is 2.92. The highest BCUT2D eigenvalue weighted by Gasteiger charge is 2.20. The zero-order chi connectivity index (χ0) is 17.5. The summed E-state index contributed by atoms with van der Waals surface area (Å²) in [4.78, 5) is 17.8. The first-order valence-corrected chi connectivity index (χ1v) is 7.73. The minimum atomic E-state index is -0.489. The summed E-state index contributed by atoms with van der Waals surface area (Å²) in [5.41, 5.74) is 6.27. The molecule has 0 fully saturated rings. The van der Waals surface area contributed by atoms with Crippen molar-refractivity contribution in [3.05, 3.63) is 30.3 Å². The van der Waals surface area contributed by atoms with Crippen molar-refractivity contribution in [1.82, 2.24) is 4.90 Å². The molecule has 1 aromatic carbocycles. The molecule has 0 aliphatic rings. The lowest BCUT2D eigenvalue weighted by molar-refractivity contribution is 0.0279. The summed E-state index contributed by atoms with van der Waals surface area (Å²) in [6.45, 7) is 8.64. The zero-order valence-corrected chi connectivity index (χ0v) is 14.7. The van der Waals surface area contributed by atoms with Crippen LogP contribution >= 0.6 is 0 Å². The quantitative estimate of drug-likeness (QED) is 0.646. The molecule has 3 N–H and O–H groups in total. The Morgan fingerprint density at radius 3 is 2.52 bits per heavy atom. The van der Waals surface area contributed by atoms with Crippen molar-refractivity contribution < 1.29 is 9.53 Å². The van der Waals surface area contributed by atoms with Crippen LogP contribution in [-0.2, 0) is 4.74 Å². The van der Waals surface area contributed by atoms with E-state index in [1.807, 2.05) is 58.0 Å². The van der Waals surface area contributed by atoms with Crippen LogP contribution in [-0.4, -0.2) is 42.7 Å². The van der Waals surface area contributed by atoms with Gasteiger partial charge in [0.05, 0.1) is 0 Å². The monoisotopic (exact) mass is 320 g/mol. The van der Waals surface area contributed by atoms with Gasteiger partial charge in [-0.05, 0) is 38.8 Å². The molecule has 0 saturated heterocycles. The summed E-state index contributed by atoms with van der Waals surface area (Å²) in [7, 11) is 1.72. The number of nitrogens with zero attached hydrogens (tertiary/aromatic N) is 2. The van der Waals surface area contributed by atoms with Gasteiger partial charge < -0.3 is 20.7 Å². The van der Waals surface area contributed by atoms with E-state index < -0.39 is 5.60 Å². The second-order valence-electron chi connectivity index (χ2n) is 6.68. The van der Waals surface area contributed by atoms with Crippen molar-refractivity contribution in [1.29, 1.82) is 0 Å². The second-order valence-corrected chi connectivity index (χ2v) is 6.68. The maximum Gasteiger partial charge on any atom is 0.410 e. The number of nitrogens with one attached hydrogen (secondary N) is 1. The van der Waals surface area contributed by atoms with Gasteiger partial charge in [0.15, 0.2) is 5.96 Å². The molecule has 1 atom stereocenters. The van der Waals surface area contributed by atoms with Crippen LogP contribution < -0.4 is 11.1 Å². The molecular formula is C17H28N4O2. The average Bonchev–Trinajstić information content (AvgIpc) is 2.44. The molecule has 1 rings (SSSR count). The van der Waals surface area contributed by atoms with Crippen LogP contribution in [0, 0.1) is 5.92 Å². The summed E-state index contributed by atoms with van der Waals surface area (Å²) < 4.78 is 5.32. The van der Waals surface area contributed by atoms with E-state index in [9.17, 15) is 4.79 Å². The van der Waals surface area contributed by atoms with Crippen LogP contribution in [0.25, 0.3) is 0 Å². The molecule has 0 spiro atoms. The Labute approximate surface area is 138 Å². The maximum atomic E-state index is 11.9. The van der Waals surface area contributed by atoms with Crippen LogP contribution in [0.4, 0.5) is 10.5 Å². The maximum absolute atomic E-state index is 11.9. The number of benzene rings is 1. The first-order chi connectivity index (χ1) is 10.7. The second kappa shape index (κ2) is 8.41. The molecule has 0 aliphatic heterocycles. The minimum absolute atomic E-state index is 0.170. The van der Waals surface area contributed by atoms with E-state index in [1.54, 1.807) is 11.9 Å². The molecule has 128 valence electrons. The van der Waals surface area contributed by atoms with E-state index in [1.165, 1.54) is 0 Å². The number of para-hydroxylation sites is 1. The van der Waals surface area contributed by atoms with Crippen molar-refractivity contribution in [3.8, 4) is 0 Å². The largest absolute Gasteiger partial charge is 0.444 e. The first kappa shape index (κ1) is 18.8. The van der Waals surface area contributed by atoms with Gasteiger partial charge in [0, 0.05) is 25.8 Å². The van der Waals surface area contributed by atoms with Crippen LogP contribution in [0.5, 0.6) is 0 Å². The number of nitrogens with two attached hydrogens (primary N) is 1. The van der Waals surface area contributed by atoms with Gasteiger partial charge in [-0.25, -0.2) is 4.79 Å². The van der Waals surface area contributed by atoms with Gasteiger partial charge in [-0.1, -0.05) is 25.1 Å². The number of aliphatic imine (C=N–C) groups is 1. The third-order valence-electron chi connectivity index (χ3n) is 2.91. The summed E-state index contributed by atoms with van der Waals surface area (Å²) >= 11 is 0. The molecule has 1 amide bonds. The fourth-order valence-corrected chi connectivity index (χ4v) is 1.90. The van der Waals surface area contributed by atoms with Crippen molar-refractivity contribution >= 4 is 17.7 Å². The molecule has 0 radical (unpaired) electrons. The SMILES string of the molecule is CC(CN=C(N)Nc1ccccc1)CN(C)C(=O)OC(C)(C)C. The van der Waals surface area contributed by atoms with E-state index >= 15 is 0 Å². The van der Waals surface area contributed by atoms with Crippen LogP contribution in [0.2, 0.25) is 0 Å². The molecule has 0 saturated carbocycles. The van der Waals surface area contributed by atoms with Gasteiger partial charge in [-0.2, -0.15) is 0 Å². The number of carbonyl (C=O) groups is 1. The third kappa shape index (κ3) is 8.09. The highest BCUT2D eigenvalue weighted by atomic mass is 16.6. The van der Waals surface area contributed by atoms with Gasteiger partial charge in [-0.15, -0.1) is 0 Å². The van der Waals surface area contributed by atoms with Gasteiger partial charge in [0.1, 0.15) is 5.60 Å². The zero-order valence-electron chi connectivity index (χ0n) is 14.7. The number of hydrogen-bond donors (Lipinski definition) is 2. The Kier molecular flexibility index (Phi) is 6.88. The number of carbonyl (C=O) groups excluding carboxylic acids is 1. The molecule has 1 unspecified atom stereocenters. The molecular weight excluding hydrogens is 292 g/mol. The Morgan fingerprint density at radius 1 is 1.35 bits per heavy atom. The molecule has 0 bridgehead atoms. The molecule has 0 heterocycles. The van der Waals surface area contributed by atoms with E-state index in [0.29, 0.717) is 19.0 Å².